The summed E-state index contributed by atoms with van der Waals surface area (Å²) >= 11 is 2.03. The molecule has 1 fully saturated rings. The second kappa shape index (κ2) is 13.2. The third kappa shape index (κ3) is 10.2. The van der Waals surface area contributed by atoms with Crippen molar-refractivity contribution in [1.82, 2.24) is 3.53 Å². The highest BCUT2D eigenvalue weighted by Gasteiger charge is 2.44. The van der Waals surface area contributed by atoms with Crippen molar-refractivity contribution in [1.29, 1.82) is 0 Å². The molecule has 1 N–H and O–H groups in total. The predicted octanol–water partition coefficient (Wildman–Crippen LogP) is 0.501. The van der Waals surface area contributed by atoms with Gasteiger partial charge in [0.1, 0.15) is 18.8 Å². The van der Waals surface area contributed by atoms with Gasteiger partial charge in [-0.15, -0.1) is 0 Å². The van der Waals surface area contributed by atoms with Gasteiger partial charge in [-0.25, -0.2) is 0 Å². The molecule has 0 saturated carbocycles. The summed E-state index contributed by atoms with van der Waals surface area (Å²) in [6.07, 6.45) is -3.08. The molecular formula is C16H26INO9. The molecule has 0 unspecified atom stereocenters. The third-order valence-corrected chi connectivity index (χ3v) is 3.97. The smallest absolute Gasteiger partial charge is 0.303 e. The van der Waals surface area contributed by atoms with E-state index in [4.69, 9.17) is 28.4 Å². The first-order valence-electron chi connectivity index (χ1n) is 8.49. The molecule has 10 nitrogen and oxygen atoms in total. The van der Waals surface area contributed by atoms with Gasteiger partial charge in [0.25, 0.3) is 0 Å². The molecule has 27 heavy (non-hydrogen) atoms. The van der Waals surface area contributed by atoms with Gasteiger partial charge in [0.05, 0.1) is 19.8 Å². The molecule has 1 saturated heterocycles. The molecule has 0 aromatic carbocycles. The molecule has 1 aliphatic heterocycles. The number of carbonyl (C=O) groups is 3. The fourth-order valence-electron chi connectivity index (χ4n) is 2.46. The Balaban J connectivity index is 2.70. The average molecular weight is 503 g/mol. The minimum atomic E-state index is -0.906. The highest BCUT2D eigenvalue weighted by molar-refractivity contribution is 14.1. The summed E-state index contributed by atoms with van der Waals surface area (Å²) in [6, 6.07) is 0. The van der Waals surface area contributed by atoms with E-state index in [0.717, 1.165) is 0 Å². The Bertz CT molecular complexity index is 491. The van der Waals surface area contributed by atoms with Crippen molar-refractivity contribution in [2.24, 2.45) is 0 Å². The fraction of sp³-hybridized carbons (Fsp3) is 0.812. The maximum Gasteiger partial charge on any atom is 0.303 e. The lowest BCUT2D eigenvalue weighted by Crippen LogP contribution is -2.54. The Labute approximate surface area is 172 Å². The highest BCUT2D eigenvalue weighted by atomic mass is 127. The summed E-state index contributed by atoms with van der Waals surface area (Å²) < 4.78 is 35.2. The molecule has 0 aromatic rings. The Morgan fingerprint density at radius 1 is 1.04 bits per heavy atom. The molecule has 0 aliphatic carbocycles. The van der Waals surface area contributed by atoms with Gasteiger partial charge in [-0.3, -0.25) is 17.9 Å². The molecule has 0 bridgehead atoms. The topological polar surface area (TPSA) is 119 Å². The number of ether oxygens (including phenoxy) is 6. The van der Waals surface area contributed by atoms with Crippen LogP contribution < -0.4 is 3.53 Å². The maximum absolute atomic E-state index is 11.4. The molecule has 4 atom stereocenters. The summed E-state index contributed by atoms with van der Waals surface area (Å²) in [4.78, 5) is 34.0. The van der Waals surface area contributed by atoms with Gasteiger partial charge in [0.2, 0.25) is 0 Å². The number of hydrogen-bond acceptors (Lipinski definition) is 10. The molecule has 1 heterocycles. The van der Waals surface area contributed by atoms with E-state index in [9.17, 15) is 14.4 Å². The summed E-state index contributed by atoms with van der Waals surface area (Å²) in [5, 5.41) is 0. The van der Waals surface area contributed by atoms with Crippen LogP contribution in [0, 0.1) is 0 Å². The third-order valence-electron chi connectivity index (χ3n) is 3.43. The molecule has 1 aliphatic rings. The largest absolute Gasteiger partial charge is 0.463 e. The molecule has 11 heteroatoms. The standard InChI is InChI=1S/C16H26INO9/c1-10(19)24-9-14-16(26-12(3)21)13(25-11(2)20)8-15(27-14)23-7-6-22-5-4-18-17/h13-16,18H,4-9H2,1-3H3/t13-,14-,15-,16-/m1/s1. The van der Waals surface area contributed by atoms with E-state index in [0.29, 0.717) is 19.8 Å². The van der Waals surface area contributed by atoms with Gasteiger partial charge in [0, 0.05) is 56.6 Å². The van der Waals surface area contributed by atoms with Crippen molar-refractivity contribution < 1.29 is 42.8 Å². The summed E-state index contributed by atoms with van der Waals surface area (Å²) in [5.41, 5.74) is 0. The molecule has 0 spiro atoms. The zero-order valence-electron chi connectivity index (χ0n) is 15.6. The van der Waals surface area contributed by atoms with E-state index in [1.807, 2.05) is 22.9 Å². The van der Waals surface area contributed by atoms with E-state index < -0.39 is 42.5 Å². The minimum Gasteiger partial charge on any atom is -0.463 e. The van der Waals surface area contributed by atoms with Crippen LogP contribution in [0.15, 0.2) is 0 Å². The van der Waals surface area contributed by atoms with Crippen molar-refractivity contribution in [3.63, 3.8) is 0 Å². The van der Waals surface area contributed by atoms with Crippen LogP contribution in [0.2, 0.25) is 0 Å². The SMILES string of the molecule is CC(=O)OC[C@H]1O[C@@H](OCCOCCNI)C[C@@H](OC(C)=O)[C@H]1OC(C)=O. The summed E-state index contributed by atoms with van der Waals surface area (Å²) in [6.45, 7) is 5.45. The van der Waals surface area contributed by atoms with Crippen LogP contribution in [-0.2, 0) is 42.8 Å². The second-order valence-corrected chi connectivity index (χ2v) is 6.49. The highest BCUT2D eigenvalue weighted by Crippen LogP contribution is 2.27. The van der Waals surface area contributed by atoms with Gasteiger partial charge in [-0.1, -0.05) is 0 Å². The predicted molar refractivity (Wildman–Crippen MR) is 99.8 cm³/mol. The molecule has 0 amide bonds. The fourth-order valence-corrected chi connectivity index (χ4v) is 2.68. The number of carbonyl (C=O) groups excluding carboxylic acids is 3. The van der Waals surface area contributed by atoms with Crippen molar-refractivity contribution in [3.05, 3.63) is 0 Å². The molecule has 156 valence electrons. The summed E-state index contributed by atoms with van der Waals surface area (Å²) in [5.74, 6) is -1.60. The average Bonchev–Trinajstić information content (AvgIpc) is 2.57. The van der Waals surface area contributed by atoms with Crippen molar-refractivity contribution in [3.8, 4) is 0 Å². The molecule has 1 rings (SSSR count). The quantitative estimate of drug-likeness (QED) is 0.140. The van der Waals surface area contributed by atoms with Crippen molar-refractivity contribution in [2.45, 2.75) is 51.8 Å². The van der Waals surface area contributed by atoms with E-state index in [2.05, 4.69) is 3.53 Å². The van der Waals surface area contributed by atoms with Crippen LogP contribution in [-0.4, -0.2) is 75.5 Å². The molecule has 0 aromatic heterocycles. The number of rotatable bonds is 11. The lowest BCUT2D eigenvalue weighted by atomic mass is 10.0. The van der Waals surface area contributed by atoms with E-state index in [-0.39, 0.29) is 19.6 Å². The Morgan fingerprint density at radius 3 is 2.33 bits per heavy atom. The van der Waals surface area contributed by atoms with Crippen LogP contribution in [0.4, 0.5) is 0 Å². The number of halogens is 1. The molecule has 0 radical (unpaired) electrons. The Kier molecular flexibility index (Phi) is 11.7. The van der Waals surface area contributed by atoms with Crippen LogP contribution >= 0.6 is 22.9 Å². The van der Waals surface area contributed by atoms with Crippen molar-refractivity contribution in [2.75, 3.05) is 33.0 Å². The lowest BCUT2D eigenvalue weighted by molar-refractivity contribution is -0.267. The van der Waals surface area contributed by atoms with Crippen LogP contribution in [0.1, 0.15) is 27.2 Å². The second-order valence-electron chi connectivity index (χ2n) is 5.73. The first-order chi connectivity index (χ1) is 12.8. The monoisotopic (exact) mass is 503 g/mol. The van der Waals surface area contributed by atoms with Gasteiger partial charge < -0.3 is 28.4 Å². The minimum absolute atomic E-state index is 0.164. The zero-order chi connectivity index (χ0) is 20.2. The van der Waals surface area contributed by atoms with Gasteiger partial charge in [-0.2, -0.15) is 0 Å². The normalized spacial score (nSPS) is 24.9. The van der Waals surface area contributed by atoms with E-state index in [1.54, 1.807) is 0 Å². The number of hydrogen-bond donors (Lipinski definition) is 1. The van der Waals surface area contributed by atoms with Crippen molar-refractivity contribution >= 4 is 40.8 Å². The first kappa shape index (κ1) is 24.0. The number of esters is 3. The van der Waals surface area contributed by atoms with Gasteiger partial charge >= 0.3 is 17.9 Å². The van der Waals surface area contributed by atoms with Gasteiger partial charge in [-0.05, 0) is 0 Å². The van der Waals surface area contributed by atoms with Crippen LogP contribution in [0.3, 0.4) is 0 Å². The van der Waals surface area contributed by atoms with Crippen LogP contribution in [0.25, 0.3) is 0 Å². The zero-order valence-corrected chi connectivity index (χ0v) is 17.8. The summed E-state index contributed by atoms with van der Waals surface area (Å²) in [7, 11) is 0. The molecular weight excluding hydrogens is 477 g/mol. The Hall–Kier alpha value is -1.02. The Morgan fingerprint density at radius 2 is 1.74 bits per heavy atom. The van der Waals surface area contributed by atoms with E-state index in [1.165, 1.54) is 20.8 Å². The lowest BCUT2D eigenvalue weighted by Gasteiger charge is -2.39. The number of nitrogens with one attached hydrogen (secondary N) is 1. The first-order valence-corrected chi connectivity index (χ1v) is 9.57. The van der Waals surface area contributed by atoms with Gasteiger partial charge in [0.15, 0.2) is 12.4 Å². The van der Waals surface area contributed by atoms with E-state index >= 15 is 0 Å². The maximum atomic E-state index is 11.4. The van der Waals surface area contributed by atoms with Crippen LogP contribution in [0.5, 0.6) is 0 Å².